The molecule has 0 aliphatic carbocycles. The average Bonchev–Trinajstić information content (AvgIpc) is 2.33. The third kappa shape index (κ3) is 2.41. The lowest BCUT2D eigenvalue weighted by atomic mass is 10.1. The maximum absolute atomic E-state index is 12.2. The summed E-state index contributed by atoms with van der Waals surface area (Å²) in [5, 5.41) is 0.512. The van der Waals surface area contributed by atoms with E-state index in [0.717, 1.165) is 30.4 Å². The summed E-state index contributed by atoms with van der Waals surface area (Å²) in [6.07, 6.45) is 3.41. The van der Waals surface area contributed by atoms with E-state index in [9.17, 15) is 4.79 Å². The Balaban J connectivity index is 2.22. The van der Waals surface area contributed by atoms with Gasteiger partial charge in [-0.2, -0.15) is 0 Å². The Hall–Kier alpha value is -0.540. The van der Waals surface area contributed by atoms with Crippen LogP contribution in [0.1, 0.15) is 29.6 Å². The summed E-state index contributed by atoms with van der Waals surface area (Å²) in [6, 6.07) is 5.46. The fourth-order valence-corrected chi connectivity index (χ4v) is 2.51. The first-order valence-corrected chi connectivity index (χ1v) is 6.60. The molecule has 4 heteroatoms. The quantitative estimate of drug-likeness (QED) is 0.774. The molecule has 1 aromatic carbocycles. The van der Waals surface area contributed by atoms with Crippen LogP contribution >= 0.6 is 27.5 Å². The van der Waals surface area contributed by atoms with Crippen molar-refractivity contribution >= 4 is 33.4 Å². The minimum atomic E-state index is 0.0472. The van der Waals surface area contributed by atoms with Gasteiger partial charge >= 0.3 is 0 Å². The van der Waals surface area contributed by atoms with Crippen LogP contribution in [-0.2, 0) is 0 Å². The Kier molecular flexibility index (Phi) is 3.87. The van der Waals surface area contributed by atoms with Crippen LogP contribution in [0.25, 0.3) is 0 Å². The second kappa shape index (κ2) is 5.19. The van der Waals surface area contributed by atoms with Gasteiger partial charge in [-0.1, -0.05) is 17.7 Å². The molecule has 0 spiro atoms. The number of carbonyl (C=O) groups excluding carboxylic acids is 1. The fourth-order valence-electron chi connectivity index (χ4n) is 1.94. The molecule has 0 unspecified atom stereocenters. The highest BCUT2D eigenvalue weighted by Crippen LogP contribution is 2.27. The molecular formula is C12H13BrClNO. The van der Waals surface area contributed by atoms with Crippen LogP contribution in [0, 0.1) is 0 Å². The third-order valence-corrected chi connectivity index (χ3v) is 4.12. The standard InChI is InChI=1S/C12H13BrClNO/c13-10-6-4-5-9(11(10)14)12(16)15-7-2-1-3-8-15/h4-6H,1-3,7-8H2. The summed E-state index contributed by atoms with van der Waals surface area (Å²) >= 11 is 9.45. The number of halogens is 2. The van der Waals surface area contributed by atoms with E-state index in [4.69, 9.17) is 11.6 Å². The maximum atomic E-state index is 12.2. The monoisotopic (exact) mass is 301 g/mol. The van der Waals surface area contributed by atoms with E-state index < -0.39 is 0 Å². The van der Waals surface area contributed by atoms with E-state index in [1.807, 2.05) is 17.0 Å². The van der Waals surface area contributed by atoms with E-state index in [2.05, 4.69) is 15.9 Å². The minimum Gasteiger partial charge on any atom is -0.339 e. The normalized spacial score (nSPS) is 16.2. The lowest BCUT2D eigenvalue weighted by molar-refractivity contribution is 0.0724. The van der Waals surface area contributed by atoms with Crippen LogP contribution in [-0.4, -0.2) is 23.9 Å². The predicted molar refractivity (Wildman–Crippen MR) is 68.9 cm³/mol. The molecule has 16 heavy (non-hydrogen) atoms. The van der Waals surface area contributed by atoms with Crippen molar-refractivity contribution in [2.24, 2.45) is 0 Å². The van der Waals surface area contributed by atoms with Crippen LogP contribution in [0.15, 0.2) is 22.7 Å². The van der Waals surface area contributed by atoms with E-state index in [0.29, 0.717) is 10.6 Å². The number of nitrogens with zero attached hydrogens (tertiary/aromatic N) is 1. The molecule has 2 rings (SSSR count). The number of amides is 1. The molecular weight excluding hydrogens is 289 g/mol. The molecule has 0 saturated carbocycles. The van der Waals surface area contributed by atoms with Gasteiger partial charge in [-0.15, -0.1) is 0 Å². The lowest BCUT2D eigenvalue weighted by Gasteiger charge is -2.27. The highest BCUT2D eigenvalue weighted by molar-refractivity contribution is 9.10. The highest BCUT2D eigenvalue weighted by Gasteiger charge is 2.20. The number of carbonyl (C=O) groups is 1. The average molecular weight is 303 g/mol. The molecule has 2 nitrogen and oxygen atoms in total. The van der Waals surface area contributed by atoms with Crippen molar-refractivity contribution in [3.05, 3.63) is 33.3 Å². The number of likely N-dealkylation sites (tertiary alicyclic amines) is 1. The first-order chi connectivity index (χ1) is 7.70. The van der Waals surface area contributed by atoms with Gasteiger partial charge in [-0.25, -0.2) is 0 Å². The van der Waals surface area contributed by atoms with Crippen LogP contribution in [0.5, 0.6) is 0 Å². The number of hydrogen-bond acceptors (Lipinski definition) is 1. The summed E-state index contributed by atoms with van der Waals surface area (Å²) in [5.74, 6) is 0.0472. The van der Waals surface area contributed by atoms with Crippen molar-refractivity contribution < 1.29 is 4.79 Å². The Morgan fingerprint density at radius 2 is 1.94 bits per heavy atom. The van der Waals surface area contributed by atoms with Crippen molar-refractivity contribution in [1.82, 2.24) is 4.90 Å². The van der Waals surface area contributed by atoms with E-state index in [1.54, 1.807) is 6.07 Å². The predicted octanol–water partition coefficient (Wildman–Crippen LogP) is 3.73. The number of hydrogen-bond donors (Lipinski definition) is 0. The molecule has 1 heterocycles. The van der Waals surface area contributed by atoms with Gasteiger partial charge in [0.05, 0.1) is 10.6 Å². The maximum Gasteiger partial charge on any atom is 0.255 e. The molecule has 1 aliphatic rings. The SMILES string of the molecule is O=C(c1cccc(Br)c1Cl)N1CCCCC1. The summed E-state index contributed by atoms with van der Waals surface area (Å²) in [7, 11) is 0. The molecule has 1 saturated heterocycles. The Morgan fingerprint density at radius 1 is 1.25 bits per heavy atom. The van der Waals surface area contributed by atoms with Crippen molar-refractivity contribution in [2.45, 2.75) is 19.3 Å². The number of benzene rings is 1. The first kappa shape index (κ1) is 11.9. The molecule has 1 amide bonds. The van der Waals surface area contributed by atoms with Gasteiger partial charge < -0.3 is 4.90 Å². The minimum absolute atomic E-state index is 0.0472. The van der Waals surface area contributed by atoms with Gasteiger partial charge in [0.1, 0.15) is 0 Å². The van der Waals surface area contributed by atoms with Crippen LogP contribution in [0.4, 0.5) is 0 Å². The fraction of sp³-hybridized carbons (Fsp3) is 0.417. The molecule has 1 aromatic rings. The van der Waals surface area contributed by atoms with Crippen molar-refractivity contribution in [3.8, 4) is 0 Å². The van der Waals surface area contributed by atoms with Gasteiger partial charge in [0, 0.05) is 17.6 Å². The zero-order valence-corrected chi connectivity index (χ0v) is 11.2. The molecule has 86 valence electrons. The Bertz CT molecular complexity index is 402. The molecule has 0 radical (unpaired) electrons. The van der Waals surface area contributed by atoms with Gasteiger partial charge in [0.15, 0.2) is 0 Å². The second-order valence-corrected chi connectivity index (χ2v) is 5.19. The smallest absolute Gasteiger partial charge is 0.255 e. The van der Waals surface area contributed by atoms with Crippen LogP contribution in [0.2, 0.25) is 5.02 Å². The van der Waals surface area contributed by atoms with Gasteiger partial charge in [-0.3, -0.25) is 4.79 Å². The highest BCUT2D eigenvalue weighted by atomic mass is 79.9. The summed E-state index contributed by atoms with van der Waals surface area (Å²) < 4.78 is 0.775. The second-order valence-electron chi connectivity index (χ2n) is 3.95. The molecule has 0 atom stereocenters. The van der Waals surface area contributed by atoms with E-state index >= 15 is 0 Å². The summed E-state index contributed by atoms with van der Waals surface area (Å²) in [4.78, 5) is 14.1. The van der Waals surface area contributed by atoms with Crippen molar-refractivity contribution in [3.63, 3.8) is 0 Å². The summed E-state index contributed by atoms with van der Waals surface area (Å²) in [5.41, 5.74) is 0.595. The van der Waals surface area contributed by atoms with Gasteiger partial charge in [-0.05, 0) is 47.3 Å². The van der Waals surface area contributed by atoms with E-state index in [-0.39, 0.29) is 5.91 Å². The zero-order chi connectivity index (χ0) is 11.5. The number of rotatable bonds is 1. The molecule has 1 fully saturated rings. The molecule has 0 bridgehead atoms. The Labute approximate surface area is 109 Å². The zero-order valence-electron chi connectivity index (χ0n) is 8.88. The topological polar surface area (TPSA) is 20.3 Å². The van der Waals surface area contributed by atoms with Gasteiger partial charge in [0.25, 0.3) is 5.91 Å². The largest absolute Gasteiger partial charge is 0.339 e. The summed E-state index contributed by atoms with van der Waals surface area (Å²) in [6.45, 7) is 1.70. The van der Waals surface area contributed by atoms with E-state index in [1.165, 1.54) is 6.42 Å². The Morgan fingerprint density at radius 3 is 2.62 bits per heavy atom. The van der Waals surface area contributed by atoms with Crippen LogP contribution < -0.4 is 0 Å². The molecule has 1 aliphatic heterocycles. The lowest BCUT2D eigenvalue weighted by Crippen LogP contribution is -2.35. The van der Waals surface area contributed by atoms with Gasteiger partial charge in [0.2, 0.25) is 0 Å². The van der Waals surface area contributed by atoms with Crippen molar-refractivity contribution in [1.29, 1.82) is 0 Å². The first-order valence-electron chi connectivity index (χ1n) is 5.43. The van der Waals surface area contributed by atoms with Crippen molar-refractivity contribution in [2.75, 3.05) is 13.1 Å². The number of piperidine rings is 1. The molecule has 0 aromatic heterocycles. The molecule has 0 N–H and O–H groups in total. The van der Waals surface area contributed by atoms with Crippen LogP contribution in [0.3, 0.4) is 0 Å². The third-order valence-electron chi connectivity index (χ3n) is 2.83.